The summed E-state index contributed by atoms with van der Waals surface area (Å²) in [5.41, 5.74) is 3.31. The molecular weight excluding hydrogens is 352 g/mol. The lowest BCUT2D eigenvalue weighted by molar-refractivity contribution is -0.116. The Morgan fingerprint density at radius 3 is 2.46 bits per heavy atom. The molecule has 0 aliphatic rings. The van der Waals surface area contributed by atoms with Gasteiger partial charge in [-0.05, 0) is 42.7 Å². The maximum atomic E-state index is 12.5. The molecule has 1 N–H and O–H groups in total. The minimum atomic E-state index is -3.55. The molecule has 1 amide bonds. The van der Waals surface area contributed by atoms with Gasteiger partial charge in [0.05, 0.1) is 25.6 Å². The summed E-state index contributed by atoms with van der Waals surface area (Å²) in [5, 5.41) is 2.74. The number of rotatable bonds is 7. The van der Waals surface area contributed by atoms with Crippen LogP contribution < -0.4 is 10.1 Å². The predicted molar refractivity (Wildman–Crippen MR) is 103 cm³/mol. The number of carbonyl (C=O) groups is 1. The third kappa shape index (κ3) is 5.31. The van der Waals surface area contributed by atoms with E-state index in [4.69, 9.17) is 4.74 Å². The molecule has 0 spiro atoms. The van der Waals surface area contributed by atoms with Gasteiger partial charge < -0.3 is 10.1 Å². The third-order valence-electron chi connectivity index (χ3n) is 4.03. The van der Waals surface area contributed by atoms with Gasteiger partial charge in [0.2, 0.25) is 15.9 Å². The number of sulfonamides is 1. The van der Waals surface area contributed by atoms with E-state index in [2.05, 4.69) is 5.32 Å². The highest BCUT2D eigenvalue weighted by Crippen LogP contribution is 2.25. The zero-order chi connectivity index (χ0) is 19.3. The summed E-state index contributed by atoms with van der Waals surface area (Å²) in [5.74, 6) is 0.0988. The Labute approximate surface area is 154 Å². The van der Waals surface area contributed by atoms with E-state index in [1.165, 1.54) is 7.11 Å². The van der Waals surface area contributed by atoms with Crippen molar-refractivity contribution in [1.29, 1.82) is 0 Å². The highest BCUT2D eigenvalue weighted by Gasteiger charge is 2.21. The number of hydrogen-bond acceptors (Lipinski definition) is 4. The Morgan fingerprint density at radius 2 is 1.85 bits per heavy atom. The number of amides is 1. The van der Waals surface area contributed by atoms with Gasteiger partial charge in [-0.3, -0.25) is 4.79 Å². The first-order chi connectivity index (χ1) is 12.2. The fraction of sp³-hybridized carbons (Fsp3) is 0.316. The van der Waals surface area contributed by atoms with E-state index in [-0.39, 0.29) is 13.1 Å². The molecule has 6 nitrogen and oxygen atoms in total. The molecule has 0 radical (unpaired) electrons. The van der Waals surface area contributed by atoms with Crippen LogP contribution in [-0.2, 0) is 21.4 Å². The van der Waals surface area contributed by atoms with E-state index >= 15 is 0 Å². The number of benzene rings is 2. The Morgan fingerprint density at radius 1 is 1.15 bits per heavy atom. The molecule has 7 heteroatoms. The topological polar surface area (TPSA) is 75.7 Å². The third-order valence-corrected chi connectivity index (χ3v) is 5.22. The number of anilines is 1. The van der Waals surface area contributed by atoms with Crippen LogP contribution in [0.5, 0.6) is 5.75 Å². The lowest BCUT2D eigenvalue weighted by Crippen LogP contribution is -2.37. The smallest absolute Gasteiger partial charge is 0.239 e. The lowest BCUT2D eigenvalue weighted by atomic mass is 10.1. The summed E-state index contributed by atoms with van der Waals surface area (Å²) in [6.45, 7) is 3.68. The number of aryl methyl sites for hydroxylation is 2. The van der Waals surface area contributed by atoms with Gasteiger partial charge in [0.1, 0.15) is 5.75 Å². The number of carbonyl (C=O) groups excluding carboxylic acids is 1. The largest absolute Gasteiger partial charge is 0.495 e. The van der Waals surface area contributed by atoms with Crippen molar-refractivity contribution in [3.63, 3.8) is 0 Å². The van der Waals surface area contributed by atoms with Gasteiger partial charge in [0.25, 0.3) is 0 Å². The van der Waals surface area contributed by atoms with Crippen molar-refractivity contribution in [3.05, 3.63) is 59.2 Å². The van der Waals surface area contributed by atoms with Crippen LogP contribution in [0, 0.1) is 13.8 Å². The van der Waals surface area contributed by atoms with E-state index in [0.29, 0.717) is 11.4 Å². The molecule has 0 atom stereocenters. The molecule has 0 fully saturated rings. The Bertz CT molecular complexity index is 894. The number of hydrogen-bond donors (Lipinski definition) is 1. The molecule has 0 aliphatic carbocycles. The highest BCUT2D eigenvalue weighted by atomic mass is 32.2. The Kier molecular flexibility index (Phi) is 6.39. The molecule has 0 bridgehead atoms. The van der Waals surface area contributed by atoms with Crippen LogP contribution in [0.3, 0.4) is 0 Å². The lowest BCUT2D eigenvalue weighted by Gasteiger charge is -2.21. The second-order valence-electron chi connectivity index (χ2n) is 6.21. The number of methoxy groups -OCH3 is 1. The van der Waals surface area contributed by atoms with Crippen molar-refractivity contribution in [1.82, 2.24) is 4.31 Å². The SMILES string of the molecule is COc1ccc(C)cc1NC(=O)CN(Cc1ccccc1C)S(C)(=O)=O. The van der Waals surface area contributed by atoms with Crippen molar-refractivity contribution in [2.75, 3.05) is 25.2 Å². The van der Waals surface area contributed by atoms with Gasteiger partial charge in [0.15, 0.2) is 0 Å². The first kappa shape index (κ1) is 19.9. The summed E-state index contributed by atoms with van der Waals surface area (Å²) in [6, 6.07) is 12.9. The molecule has 2 rings (SSSR count). The minimum absolute atomic E-state index is 0.143. The van der Waals surface area contributed by atoms with Crippen LogP contribution in [0.2, 0.25) is 0 Å². The molecule has 2 aromatic carbocycles. The number of nitrogens with one attached hydrogen (secondary N) is 1. The molecule has 0 aromatic heterocycles. The molecule has 0 saturated carbocycles. The fourth-order valence-corrected chi connectivity index (χ4v) is 3.26. The maximum absolute atomic E-state index is 12.5. The first-order valence-electron chi connectivity index (χ1n) is 8.15. The van der Waals surface area contributed by atoms with Crippen LogP contribution in [0.4, 0.5) is 5.69 Å². The molecule has 0 heterocycles. The molecule has 26 heavy (non-hydrogen) atoms. The summed E-state index contributed by atoms with van der Waals surface area (Å²) in [4.78, 5) is 12.5. The van der Waals surface area contributed by atoms with E-state index < -0.39 is 15.9 Å². The molecular formula is C19H24N2O4S. The quantitative estimate of drug-likeness (QED) is 0.806. The van der Waals surface area contributed by atoms with Gasteiger partial charge in [-0.2, -0.15) is 4.31 Å². The Balaban J connectivity index is 2.17. The standard InChI is InChI=1S/C19H24N2O4S/c1-14-9-10-18(25-3)17(11-14)20-19(22)13-21(26(4,23)24)12-16-8-6-5-7-15(16)2/h5-11H,12-13H2,1-4H3,(H,20,22). The zero-order valence-electron chi connectivity index (χ0n) is 15.4. The monoisotopic (exact) mass is 376 g/mol. The van der Waals surface area contributed by atoms with Crippen LogP contribution >= 0.6 is 0 Å². The highest BCUT2D eigenvalue weighted by molar-refractivity contribution is 7.88. The van der Waals surface area contributed by atoms with Crippen LogP contribution in [0.1, 0.15) is 16.7 Å². The van der Waals surface area contributed by atoms with Gasteiger partial charge in [0, 0.05) is 6.54 Å². The second-order valence-corrected chi connectivity index (χ2v) is 8.19. The fourth-order valence-electron chi connectivity index (χ4n) is 2.54. The molecule has 2 aromatic rings. The minimum Gasteiger partial charge on any atom is -0.495 e. The van der Waals surface area contributed by atoms with Crippen molar-refractivity contribution in [3.8, 4) is 5.75 Å². The van der Waals surface area contributed by atoms with E-state index in [0.717, 1.165) is 27.3 Å². The average Bonchev–Trinajstić information content (AvgIpc) is 2.55. The summed E-state index contributed by atoms with van der Waals surface area (Å²) in [7, 11) is -2.03. The zero-order valence-corrected chi connectivity index (χ0v) is 16.3. The molecule has 0 unspecified atom stereocenters. The number of ether oxygens (including phenoxy) is 1. The number of nitrogens with zero attached hydrogens (tertiary/aromatic N) is 1. The first-order valence-corrected chi connectivity index (χ1v) is 9.99. The van der Waals surface area contributed by atoms with Crippen molar-refractivity contribution in [2.24, 2.45) is 0 Å². The molecule has 140 valence electrons. The molecule has 0 aliphatic heterocycles. The van der Waals surface area contributed by atoms with Gasteiger partial charge in [-0.15, -0.1) is 0 Å². The summed E-state index contributed by atoms with van der Waals surface area (Å²) >= 11 is 0. The van der Waals surface area contributed by atoms with E-state index in [1.807, 2.05) is 44.2 Å². The van der Waals surface area contributed by atoms with Gasteiger partial charge in [-0.25, -0.2) is 8.42 Å². The van der Waals surface area contributed by atoms with E-state index in [9.17, 15) is 13.2 Å². The predicted octanol–water partition coefficient (Wildman–Crippen LogP) is 2.71. The van der Waals surface area contributed by atoms with Crippen LogP contribution in [-0.4, -0.2) is 38.5 Å². The average molecular weight is 376 g/mol. The van der Waals surface area contributed by atoms with Crippen LogP contribution in [0.15, 0.2) is 42.5 Å². The Hall–Kier alpha value is -2.38. The van der Waals surface area contributed by atoms with Crippen LogP contribution in [0.25, 0.3) is 0 Å². The van der Waals surface area contributed by atoms with E-state index in [1.54, 1.807) is 12.1 Å². The molecule has 0 saturated heterocycles. The van der Waals surface area contributed by atoms with Crippen molar-refractivity contribution in [2.45, 2.75) is 20.4 Å². The summed E-state index contributed by atoms with van der Waals surface area (Å²) in [6.07, 6.45) is 1.10. The normalized spacial score (nSPS) is 11.4. The van der Waals surface area contributed by atoms with Gasteiger partial charge in [-0.1, -0.05) is 30.3 Å². The van der Waals surface area contributed by atoms with Crippen molar-refractivity contribution < 1.29 is 17.9 Å². The second kappa shape index (κ2) is 8.33. The maximum Gasteiger partial charge on any atom is 0.239 e. The summed E-state index contributed by atoms with van der Waals surface area (Å²) < 4.78 is 30.7. The van der Waals surface area contributed by atoms with Gasteiger partial charge >= 0.3 is 0 Å². The van der Waals surface area contributed by atoms with Crippen molar-refractivity contribution >= 4 is 21.6 Å².